The first-order valence-electron chi connectivity index (χ1n) is 3.00. The molecule has 0 heterocycles. The highest BCUT2D eigenvalue weighted by Gasteiger charge is 1.88. The average molecular weight is 127 g/mol. The molecular formula is C7H11O2. The Labute approximate surface area is 55.5 Å². The average Bonchev–Trinajstić information content (AvgIpc) is 1.89. The second-order valence-electron chi connectivity index (χ2n) is 1.92. The van der Waals surface area contributed by atoms with E-state index in [1.54, 1.807) is 0 Å². The first-order chi connectivity index (χ1) is 4.31. The van der Waals surface area contributed by atoms with E-state index in [1.165, 1.54) is 12.7 Å². The molecule has 0 aromatic carbocycles. The number of allylic oxidation sites excluding steroid dienone is 1. The molecule has 0 aliphatic rings. The Balaban J connectivity index is 3.31. The van der Waals surface area contributed by atoms with Gasteiger partial charge in [-0.1, -0.05) is 13.8 Å². The van der Waals surface area contributed by atoms with Gasteiger partial charge < -0.3 is 4.74 Å². The molecule has 0 amide bonds. The van der Waals surface area contributed by atoms with Crippen LogP contribution in [0.1, 0.15) is 20.3 Å². The van der Waals surface area contributed by atoms with Crippen LogP contribution >= 0.6 is 0 Å². The molecule has 0 fully saturated rings. The van der Waals surface area contributed by atoms with Gasteiger partial charge in [0, 0.05) is 0 Å². The number of hydrogen-bond donors (Lipinski definition) is 0. The minimum atomic E-state index is 0.471. The molecule has 0 saturated carbocycles. The molecule has 0 spiro atoms. The van der Waals surface area contributed by atoms with Gasteiger partial charge in [0.05, 0.1) is 6.26 Å². The van der Waals surface area contributed by atoms with Crippen LogP contribution < -0.4 is 0 Å². The van der Waals surface area contributed by atoms with Gasteiger partial charge in [-0.25, -0.2) is 4.79 Å². The molecule has 0 rings (SSSR count). The van der Waals surface area contributed by atoms with E-state index in [9.17, 15) is 4.79 Å². The van der Waals surface area contributed by atoms with Crippen molar-refractivity contribution in [2.75, 3.05) is 0 Å². The summed E-state index contributed by atoms with van der Waals surface area (Å²) >= 11 is 0. The molecule has 0 N–H and O–H groups in total. The predicted octanol–water partition coefficient (Wildman–Crippen LogP) is 1.63. The Morgan fingerprint density at radius 1 is 1.78 bits per heavy atom. The van der Waals surface area contributed by atoms with Crippen molar-refractivity contribution in [3.8, 4) is 0 Å². The standard InChI is InChI=1S/C7H11O2/c1-3-7(2)4-5-9-6-8/h4-5,7H,3H2,1-2H3. The highest BCUT2D eigenvalue weighted by molar-refractivity contribution is 5.39. The first-order valence-corrected chi connectivity index (χ1v) is 3.00. The lowest BCUT2D eigenvalue weighted by Crippen LogP contribution is -1.84. The molecule has 1 atom stereocenters. The van der Waals surface area contributed by atoms with Crippen molar-refractivity contribution in [2.45, 2.75) is 20.3 Å². The second-order valence-corrected chi connectivity index (χ2v) is 1.92. The van der Waals surface area contributed by atoms with Crippen LogP contribution in [0, 0.1) is 5.92 Å². The molecule has 2 heteroatoms. The fraction of sp³-hybridized carbons (Fsp3) is 0.571. The topological polar surface area (TPSA) is 26.3 Å². The zero-order valence-corrected chi connectivity index (χ0v) is 5.76. The Morgan fingerprint density at radius 2 is 2.44 bits per heavy atom. The van der Waals surface area contributed by atoms with Crippen LogP contribution in [-0.2, 0) is 9.53 Å². The van der Waals surface area contributed by atoms with Crippen LogP contribution in [0.2, 0.25) is 0 Å². The SMILES string of the molecule is CCC(C)C=CO[C]=O. The van der Waals surface area contributed by atoms with E-state index in [4.69, 9.17) is 0 Å². The van der Waals surface area contributed by atoms with Crippen molar-refractivity contribution < 1.29 is 9.53 Å². The maximum Gasteiger partial charge on any atom is 0.422 e. The normalized spacial score (nSPS) is 13.6. The van der Waals surface area contributed by atoms with Crippen molar-refractivity contribution >= 4 is 6.47 Å². The molecule has 0 aromatic rings. The van der Waals surface area contributed by atoms with E-state index >= 15 is 0 Å². The van der Waals surface area contributed by atoms with Gasteiger partial charge in [-0.05, 0) is 18.4 Å². The van der Waals surface area contributed by atoms with Crippen molar-refractivity contribution in [1.82, 2.24) is 0 Å². The summed E-state index contributed by atoms with van der Waals surface area (Å²) in [5.74, 6) is 0.471. The summed E-state index contributed by atoms with van der Waals surface area (Å²) in [6.45, 7) is 5.43. The lowest BCUT2D eigenvalue weighted by molar-refractivity contribution is 0.394. The van der Waals surface area contributed by atoms with Gasteiger partial charge in [-0.2, -0.15) is 0 Å². The summed E-state index contributed by atoms with van der Waals surface area (Å²) in [5, 5.41) is 0. The highest BCUT2D eigenvalue weighted by atomic mass is 16.5. The van der Waals surface area contributed by atoms with Crippen LogP contribution in [0.15, 0.2) is 12.3 Å². The fourth-order valence-electron chi connectivity index (χ4n) is 0.337. The molecule has 1 unspecified atom stereocenters. The highest BCUT2D eigenvalue weighted by Crippen LogP contribution is 2.00. The van der Waals surface area contributed by atoms with Crippen molar-refractivity contribution in [3.63, 3.8) is 0 Å². The van der Waals surface area contributed by atoms with Gasteiger partial charge in [-0.3, -0.25) is 0 Å². The molecular weight excluding hydrogens is 116 g/mol. The molecule has 2 nitrogen and oxygen atoms in total. The predicted molar refractivity (Wildman–Crippen MR) is 35.4 cm³/mol. The van der Waals surface area contributed by atoms with Crippen molar-refractivity contribution in [1.29, 1.82) is 0 Å². The van der Waals surface area contributed by atoms with Gasteiger partial charge in [0.1, 0.15) is 0 Å². The Kier molecular flexibility index (Phi) is 4.88. The van der Waals surface area contributed by atoms with E-state index in [0.717, 1.165) is 6.42 Å². The van der Waals surface area contributed by atoms with Crippen LogP contribution in [0.25, 0.3) is 0 Å². The summed E-state index contributed by atoms with van der Waals surface area (Å²) in [6.07, 6.45) is 4.24. The van der Waals surface area contributed by atoms with Crippen LogP contribution in [-0.4, -0.2) is 6.47 Å². The molecule has 1 radical (unpaired) electrons. The molecule has 0 aliphatic carbocycles. The largest absolute Gasteiger partial charge is 0.426 e. The monoisotopic (exact) mass is 127 g/mol. The second kappa shape index (κ2) is 5.35. The summed E-state index contributed by atoms with van der Waals surface area (Å²) in [7, 11) is 0. The van der Waals surface area contributed by atoms with Crippen molar-refractivity contribution in [3.05, 3.63) is 12.3 Å². The first kappa shape index (κ1) is 8.21. The van der Waals surface area contributed by atoms with Gasteiger partial charge in [0.25, 0.3) is 0 Å². The van der Waals surface area contributed by atoms with Crippen molar-refractivity contribution in [2.24, 2.45) is 5.92 Å². The maximum atomic E-state index is 9.48. The number of hydrogen-bond acceptors (Lipinski definition) is 2. The Bertz CT molecular complexity index is 97.1. The van der Waals surface area contributed by atoms with Gasteiger partial charge in [-0.15, -0.1) is 0 Å². The van der Waals surface area contributed by atoms with Crippen LogP contribution in [0.3, 0.4) is 0 Å². The van der Waals surface area contributed by atoms with E-state index in [0.29, 0.717) is 5.92 Å². The Morgan fingerprint density at radius 3 is 2.89 bits per heavy atom. The number of ether oxygens (including phenoxy) is 1. The zero-order valence-electron chi connectivity index (χ0n) is 5.76. The molecule has 0 aliphatic heterocycles. The molecule has 0 saturated heterocycles. The van der Waals surface area contributed by atoms with Crippen LogP contribution in [0.4, 0.5) is 0 Å². The van der Waals surface area contributed by atoms with Crippen LogP contribution in [0.5, 0.6) is 0 Å². The number of carbonyl (C=O) groups excluding carboxylic acids is 1. The van der Waals surface area contributed by atoms with E-state index in [1.807, 2.05) is 13.0 Å². The van der Waals surface area contributed by atoms with Gasteiger partial charge in [0.2, 0.25) is 0 Å². The quantitative estimate of drug-likeness (QED) is 0.536. The molecule has 0 bridgehead atoms. The molecule has 0 aromatic heterocycles. The maximum absolute atomic E-state index is 9.48. The number of rotatable bonds is 4. The van der Waals surface area contributed by atoms with E-state index in [2.05, 4.69) is 11.7 Å². The molecule has 9 heavy (non-hydrogen) atoms. The summed E-state index contributed by atoms with van der Waals surface area (Å²) < 4.78 is 4.22. The summed E-state index contributed by atoms with van der Waals surface area (Å²) in [4.78, 5) is 9.48. The third-order valence-electron chi connectivity index (χ3n) is 1.17. The lowest BCUT2D eigenvalue weighted by atomic mass is 10.1. The van der Waals surface area contributed by atoms with E-state index < -0.39 is 0 Å². The third kappa shape index (κ3) is 5.07. The minimum Gasteiger partial charge on any atom is -0.426 e. The zero-order chi connectivity index (χ0) is 7.11. The molecule has 51 valence electrons. The van der Waals surface area contributed by atoms with E-state index in [-0.39, 0.29) is 0 Å². The summed E-state index contributed by atoms with van der Waals surface area (Å²) in [5.41, 5.74) is 0. The smallest absolute Gasteiger partial charge is 0.422 e. The van der Waals surface area contributed by atoms with Gasteiger partial charge >= 0.3 is 6.47 Å². The Hall–Kier alpha value is -0.790. The lowest BCUT2D eigenvalue weighted by Gasteiger charge is -1.96. The third-order valence-corrected chi connectivity index (χ3v) is 1.17. The minimum absolute atomic E-state index is 0.471. The fourth-order valence-corrected chi connectivity index (χ4v) is 0.337. The summed E-state index contributed by atoms with van der Waals surface area (Å²) in [6, 6.07) is 0. The van der Waals surface area contributed by atoms with Gasteiger partial charge in [0.15, 0.2) is 0 Å².